The molecule has 0 N–H and O–H groups in total. The van der Waals surface area contributed by atoms with E-state index in [0.29, 0.717) is 6.20 Å². The predicted octanol–water partition coefficient (Wildman–Crippen LogP) is 0.857. The molecule has 0 atom stereocenters. The van der Waals surface area contributed by atoms with Crippen LogP contribution in [0.15, 0.2) is 18.3 Å². The van der Waals surface area contributed by atoms with Crippen molar-refractivity contribution in [3.8, 4) is 5.75 Å². The minimum Gasteiger partial charge on any atom is -0.618 e. The quantitative estimate of drug-likeness (QED) is 0.341. The van der Waals surface area contributed by atoms with Crippen molar-refractivity contribution >= 4 is 10.1 Å². The lowest BCUT2D eigenvalue weighted by Gasteiger charge is -2.09. The molecule has 0 aliphatic heterocycles. The fourth-order valence-electron chi connectivity index (χ4n) is 0.760. The van der Waals surface area contributed by atoms with Gasteiger partial charge in [-0.3, -0.25) is 0 Å². The van der Waals surface area contributed by atoms with Crippen LogP contribution in [0, 0.1) is 12.1 Å². The second-order valence-electron chi connectivity index (χ2n) is 2.82. The van der Waals surface area contributed by atoms with Gasteiger partial charge in [-0.25, -0.2) is 0 Å². The highest BCUT2D eigenvalue weighted by Crippen LogP contribution is 2.26. The third-order valence-electron chi connectivity index (χ3n) is 1.57. The molecule has 1 heterocycles. The maximum atomic E-state index is 11.9. The van der Waals surface area contributed by atoms with E-state index >= 15 is 0 Å². The fraction of sp³-hybridized carbons (Fsp3) is 0.286. The van der Waals surface area contributed by atoms with Crippen molar-refractivity contribution in [3.63, 3.8) is 0 Å². The lowest BCUT2D eigenvalue weighted by Crippen LogP contribution is -2.32. The maximum Gasteiger partial charge on any atom is 0.534 e. The van der Waals surface area contributed by atoms with Gasteiger partial charge in [-0.2, -0.15) is 26.3 Å². The average molecular weight is 257 g/mol. The van der Waals surface area contributed by atoms with Gasteiger partial charge in [-0.05, 0) is 6.07 Å². The average Bonchev–Trinajstić information content (AvgIpc) is 2.09. The highest BCUT2D eigenvalue weighted by atomic mass is 32.2. The second-order valence-corrected chi connectivity index (χ2v) is 4.35. The summed E-state index contributed by atoms with van der Waals surface area (Å²) in [5.74, 6) is -0.696. The summed E-state index contributed by atoms with van der Waals surface area (Å²) in [7, 11) is -5.73. The topological polar surface area (TPSA) is 70.3 Å². The zero-order valence-corrected chi connectivity index (χ0v) is 8.67. The normalized spacial score (nSPS) is 12.5. The number of aromatic nitrogens is 1. The molecule has 16 heavy (non-hydrogen) atoms. The van der Waals surface area contributed by atoms with Gasteiger partial charge >= 0.3 is 15.6 Å². The molecule has 1 rings (SSSR count). The van der Waals surface area contributed by atoms with Crippen LogP contribution in [0.1, 0.15) is 5.69 Å². The standard InChI is InChI=1S/C7H6F3NO4S/c1-5-2-3-6(4-11(5)12)15-16(13,14)7(8,9)10/h2-4H,1H3. The fourth-order valence-corrected chi connectivity index (χ4v) is 1.21. The van der Waals surface area contributed by atoms with Crippen molar-refractivity contribution < 1.29 is 30.5 Å². The smallest absolute Gasteiger partial charge is 0.534 e. The third-order valence-corrected chi connectivity index (χ3v) is 2.55. The summed E-state index contributed by atoms with van der Waals surface area (Å²) in [5, 5.41) is 10.9. The predicted molar refractivity (Wildman–Crippen MR) is 45.7 cm³/mol. The van der Waals surface area contributed by atoms with E-state index in [1.165, 1.54) is 6.92 Å². The van der Waals surface area contributed by atoms with Crippen molar-refractivity contribution in [2.24, 2.45) is 0 Å². The van der Waals surface area contributed by atoms with Gasteiger partial charge in [0.2, 0.25) is 11.9 Å². The molecule has 0 aromatic carbocycles. The molecule has 9 heteroatoms. The van der Waals surface area contributed by atoms with Crippen LogP contribution in [-0.4, -0.2) is 13.9 Å². The molecule has 0 saturated heterocycles. The Morgan fingerprint density at radius 1 is 1.38 bits per heavy atom. The Balaban J connectivity index is 3.03. The van der Waals surface area contributed by atoms with Gasteiger partial charge in [-0.15, -0.1) is 0 Å². The molecule has 90 valence electrons. The summed E-state index contributed by atoms with van der Waals surface area (Å²) in [6, 6.07) is 2.08. The van der Waals surface area contributed by atoms with Gasteiger partial charge in [0.05, 0.1) is 0 Å². The van der Waals surface area contributed by atoms with E-state index in [4.69, 9.17) is 0 Å². The lowest BCUT2D eigenvalue weighted by atomic mass is 10.4. The van der Waals surface area contributed by atoms with Crippen LogP contribution in [-0.2, 0) is 10.1 Å². The number of rotatable bonds is 2. The number of halogens is 3. The largest absolute Gasteiger partial charge is 0.618 e. The number of nitrogens with zero attached hydrogens (tertiary/aromatic N) is 1. The molecule has 0 aliphatic rings. The minimum atomic E-state index is -5.73. The zero-order chi connectivity index (χ0) is 12.6. The summed E-state index contributed by atoms with van der Waals surface area (Å²) < 4.78 is 60.7. The van der Waals surface area contributed by atoms with Crippen molar-refractivity contribution in [1.29, 1.82) is 0 Å². The molecule has 1 aromatic rings. The number of aryl methyl sites for hydroxylation is 1. The van der Waals surface area contributed by atoms with Gasteiger partial charge in [0, 0.05) is 13.0 Å². The van der Waals surface area contributed by atoms with Crippen LogP contribution in [0.25, 0.3) is 0 Å². The molecule has 0 aliphatic carbocycles. The van der Waals surface area contributed by atoms with E-state index in [2.05, 4.69) is 4.18 Å². The van der Waals surface area contributed by atoms with Gasteiger partial charge in [0.15, 0.2) is 5.69 Å². The molecule has 0 saturated carbocycles. The SMILES string of the molecule is Cc1ccc(OS(=O)(=O)C(F)(F)F)c[n+]1[O-]. The monoisotopic (exact) mass is 257 g/mol. The van der Waals surface area contributed by atoms with Crippen LogP contribution in [0.5, 0.6) is 5.75 Å². The van der Waals surface area contributed by atoms with Crippen LogP contribution >= 0.6 is 0 Å². The van der Waals surface area contributed by atoms with Crippen molar-refractivity contribution in [2.45, 2.75) is 12.4 Å². The number of hydrogen-bond donors (Lipinski definition) is 0. The highest BCUT2D eigenvalue weighted by molar-refractivity contribution is 7.87. The van der Waals surface area contributed by atoms with E-state index in [1.807, 2.05) is 0 Å². The van der Waals surface area contributed by atoms with Gasteiger partial charge in [0.1, 0.15) is 0 Å². The molecule has 5 nitrogen and oxygen atoms in total. The Labute approximate surface area is 88.8 Å². The molecule has 0 radical (unpaired) electrons. The molecular formula is C7H6F3NO4S. The van der Waals surface area contributed by atoms with Crippen molar-refractivity contribution in [3.05, 3.63) is 29.2 Å². The zero-order valence-electron chi connectivity index (χ0n) is 7.85. The summed E-state index contributed by atoms with van der Waals surface area (Å²) >= 11 is 0. The Hall–Kier alpha value is -1.51. The third kappa shape index (κ3) is 2.54. The van der Waals surface area contributed by atoms with Crippen molar-refractivity contribution in [2.75, 3.05) is 0 Å². The first kappa shape index (κ1) is 12.6. The molecule has 0 bridgehead atoms. The Morgan fingerprint density at radius 3 is 2.38 bits per heavy atom. The van der Waals surface area contributed by atoms with Gasteiger partial charge in [0.25, 0.3) is 0 Å². The number of pyridine rings is 1. The minimum absolute atomic E-state index is 0.191. The lowest BCUT2D eigenvalue weighted by molar-refractivity contribution is -0.612. The van der Waals surface area contributed by atoms with Crippen molar-refractivity contribution in [1.82, 2.24) is 0 Å². The van der Waals surface area contributed by atoms with E-state index < -0.39 is 21.4 Å². The maximum absolute atomic E-state index is 11.9. The van der Waals surface area contributed by atoms with Crippen LogP contribution in [0.2, 0.25) is 0 Å². The Kier molecular flexibility index (Phi) is 2.99. The van der Waals surface area contributed by atoms with E-state index in [0.717, 1.165) is 12.1 Å². The first-order chi connectivity index (χ1) is 7.13. The molecular weight excluding hydrogens is 251 g/mol. The first-order valence-corrected chi connectivity index (χ1v) is 5.25. The van der Waals surface area contributed by atoms with Crippen LogP contribution in [0.3, 0.4) is 0 Å². The number of alkyl halides is 3. The highest BCUT2D eigenvalue weighted by Gasteiger charge is 2.48. The first-order valence-electron chi connectivity index (χ1n) is 3.84. The summed E-state index contributed by atoms with van der Waals surface area (Å²) in [6.45, 7) is 1.40. The van der Waals surface area contributed by atoms with E-state index in [-0.39, 0.29) is 10.4 Å². The summed E-state index contributed by atoms with van der Waals surface area (Å²) in [5.41, 5.74) is -5.33. The van der Waals surface area contributed by atoms with E-state index in [9.17, 15) is 26.8 Å². The molecule has 0 amide bonds. The van der Waals surface area contributed by atoms with Gasteiger partial charge in [-0.1, -0.05) is 0 Å². The molecule has 0 unspecified atom stereocenters. The van der Waals surface area contributed by atoms with Crippen LogP contribution < -0.4 is 8.91 Å². The second kappa shape index (κ2) is 3.81. The molecule has 1 aromatic heterocycles. The molecule has 0 fully saturated rings. The van der Waals surface area contributed by atoms with Gasteiger partial charge < -0.3 is 9.39 Å². The number of hydrogen-bond acceptors (Lipinski definition) is 4. The molecule has 0 spiro atoms. The summed E-state index contributed by atoms with van der Waals surface area (Å²) in [6.07, 6.45) is 0.596. The summed E-state index contributed by atoms with van der Waals surface area (Å²) in [4.78, 5) is 0. The van der Waals surface area contributed by atoms with E-state index in [1.54, 1.807) is 0 Å². The Morgan fingerprint density at radius 2 is 1.94 bits per heavy atom. The Bertz CT molecular complexity index is 497. The van der Waals surface area contributed by atoms with Crippen LogP contribution in [0.4, 0.5) is 13.2 Å².